The zero-order valence-corrected chi connectivity index (χ0v) is 10.3. The molecule has 1 amide bonds. The lowest BCUT2D eigenvalue weighted by molar-refractivity contribution is -0.143. The van der Waals surface area contributed by atoms with Crippen LogP contribution in [-0.2, 0) is 4.79 Å². The Morgan fingerprint density at radius 2 is 2.18 bits per heavy atom. The van der Waals surface area contributed by atoms with Gasteiger partial charge >= 0.3 is 0 Å². The Kier molecular flexibility index (Phi) is 3.62. The molecule has 0 aliphatic carbocycles. The van der Waals surface area contributed by atoms with Crippen molar-refractivity contribution in [3.8, 4) is 0 Å². The summed E-state index contributed by atoms with van der Waals surface area (Å²) in [7, 11) is 0. The standard InChI is InChI=1S/C15H19NO/c1-3-4-10-14(17)16-11-12(2)15(16)13-8-6-5-7-9-13/h3,5-9,12,15H,1,4,10-11H2,2H3/t12-,15+/m0/s1. The fourth-order valence-electron chi connectivity index (χ4n) is 2.48. The molecule has 0 saturated carbocycles. The maximum atomic E-state index is 12.0. The normalized spacial score (nSPS) is 23.0. The molecule has 0 spiro atoms. The third-order valence-corrected chi connectivity index (χ3v) is 3.38. The summed E-state index contributed by atoms with van der Waals surface area (Å²) in [5, 5.41) is 0. The first kappa shape index (κ1) is 11.9. The molecule has 0 bridgehead atoms. The third-order valence-electron chi connectivity index (χ3n) is 3.38. The number of rotatable bonds is 4. The number of allylic oxidation sites excluding steroid dienone is 1. The molecule has 0 aromatic heterocycles. The van der Waals surface area contributed by atoms with Gasteiger partial charge in [0.15, 0.2) is 0 Å². The zero-order valence-electron chi connectivity index (χ0n) is 10.3. The van der Waals surface area contributed by atoms with Gasteiger partial charge in [0.05, 0.1) is 6.04 Å². The molecule has 90 valence electrons. The summed E-state index contributed by atoms with van der Waals surface area (Å²) in [5.41, 5.74) is 1.25. The smallest absolute Gasteiger partial charge is 0.223 e. The Labute approximate surface area is 103 Å². The number of carbonyl (C=O) groups is 1. The quantitative estimate of drug-likeness (QED) is 0.726. The van der Waals surface area contributed by atoms with Gasteiger partial charge < -0.3 is 4.90 Å². The summed E-state index contributed by atoms with van der Waals surface area (Å²) in [4.78, 5) is 14.0. The number of amides is 1. The van der Waals surface area contributed by atoms with E-state index >= 15 is 0 Å². The molecule has 2 rings (SSSR count). The van der Waals surface area contributed by atoms with Gasteiger partial charge in [0.2, 0.25) is 5.91 Å². The predicted octanol–water partition coefficient (Wildman–Crippen LogP) is 3.17. The van der Waals surface area contributed by atoms with Crippen molar-refractivity contribution in [2.75, 3.05) is 6.54 Å². The summed E-state index contributed by atoms with van der Waals surface area (Å²) in [6.07, 6.45) is 3.16. The van der Waals surface area contributed by atoms with Gasteiger partial charge in [-0.2, -0.15) is 0 Å². The van der Waals surface area contributed by atoms with Gasteiger partial charge in [-0.1, -0.05) is 43.3 Å². The second-order valence-electron chi connectivity index (χ2n) is 4.71. The number of hydrogen-bond donors (Lipinski definition) is 0. The van der Waals surface area contributed by atoms with Crippen LogP contribution in [0.15, 0.2) is 43.0 Å². The molecule has 1 fully saturated rings. The maximum Gasteiger partial charge on any atom is 0.223 e. The van der Waals surface area contributed by atoms with Crippen LogP contribution >= 0.6 is 0 Å². The average molecular weight is 229 g/mol. The van der Waals surface area contributed by atoms with Crippen LogP contribution in [0.2, 0.25) is 0 Å². The summed E-state index contributed by atoms with van der Waals surface area (Å²) < 4.78 is 0. The van der Waals surface area contributed by atoms with Gasteiger partial charge in [-0.25, -0.2) is 0 Å². The molecular weight excluding hydrogens is 210 g/mol. The van der Waals surface area contributed by atoms with E-state index in [0.717, 1.165) is 13.0 Å². The topological polar surface area (TPSA) is 20.3 Å². The van der Waals surface area contributed by atoms with E-state index in [1.165, 1.54) is 5.56 Å². The van der Waals surface area contributed by atoms with Gasteiger partial charge in [0, 0.05) is 13.0 Å². The molecule has 1 aliphatic rings. The number of benzene rings is 1. The zero-order chi connectivity index (χ0) is 12.3. The molecule has 1 aromatic rings. The van der Waals surface area contributed by atoms with E-state index in [1.807, 2.05) is 23.1 Å². The Morgan fingerprint density at radius 3 is 2.76 bits per heavy atom. The molecule has 2 heteroatoms. The molecule has 1 saturated heterocycles. The van der Waals surface area contributed by atoms with Gasteiger partial charge in [0.25, 0.3) is 0 Å². The maximum absolute atomic E-state index is 12.0. The van der Waals surface area contributed by atoms with Crippen molar-refractivity contribution in [3.63, 3.8) is 0 Å². The van der Waals surface area contributed by atoms with E-state index in [4.69, 9.17) is 0 Å². The Hall–Kier alpha value is -1.57. The lowest BCUT2D eigenvalue weighted by atomic mass is 9.84. The van der Waals surface area contributed by atoms with Crippen LogP contribution in [0.1, 0.15) is 31.4 Å². The highest BCUT2D eigenvalue weighted by molar-refractivity contribution is 5.77. The molecule has 1 aromatic carbocycles. The van der Waals surface area contributed by atoms with Gasteiger partial charge in [0.1, 0.15) is 0 Å². The van der Waals surface area contributed by atoms with E-state index in [-0.39, 0.29) is 11.9 Å². The van der Waals surface area contributed by atoms with Gasteiger partial charge in [-0.3, -0.25) is 4.79 Å². The molecule has 1 heterocycles. The summed E-state index contributed by atoms with van der Waals surface area (Å²) in [5.74, 6) is 0.807. The van der Waals surface area contributed by atoms with E-state index < -0.39 is 0 Å². The third kappa shape index (κ3) is 2.41. The molecule has 1 aliphatic heterocycles. The minimum atomic E-state index is 0.247. The summed E-state index contributed by atoms with van der Waals surface area (Å²) >= 11 is 0. The Balaban J connectivity index is 2.06. The fourth-order valence-corrected chi connectivity index (χ4v) is 2.48. The number of hydrogen-bond acceptors (Lipinski definition) is 1. The Morgan fingerprint density at radius 1 is 1.47 bits per heavy atom. The number of nitrogens with zero attached hydrogens (tertiary/aromatic N) is 1. The van der Waals surface area contributed by atoms with Crippen molar-refractivity contribution >= 4 is 5.91 Å². The van der Waals surface area contributed by atoms with Crippen LogP contribution in [0, 0.1) is 5.92 Å². The number of carbonyl (C=O) groups excluding carboxylic acids is 1. The largest absolute Gasteiger partial charge is 0.335 e. The predicted molar refractivity (Wildman–Crippen MR) is 69.5 cm³/mol. The Bertz CT molecular complexity index is 399. The minimum Gasteiger partial charge on any atom is -0.335 e. The molecule has 0 unspecified atom stereocenters. The lowest BCUT2D eigenvalue weighted by Crippen LogP contribution is -2.51. The van der Waals surface area contributed by atoms with Crippen molar-refractivity contribution in [1.82, 2.24) is 4.90 Å². The first-order valence-corrected chi connectivity index (χ1v) is 6.19. The monoisotopic (exact) mass is 229 g/mol. The summed E-state index contributed by atoms with van der Waals surface area (Å²) in [6.45, 7) is 6.75. The summed E-state index contributed by atoms with van der Waals surface area (Å²) in [6, 6.07) is 10.6. The number of likely N-dealkylation sites (tertiary alicyclic amines) is 1. The van der Waals surface area contributed by atoms with Crippen LogP contribution < -0.4 is 0 Å². The molecule has 2 nitrogen and oxygen atoms in total. The van der Waals surface area contributed by atoms with Crippen molar-refractivity contribution in [2.45, 2.75) is 25.8 Å². The molecular formula is C15H19NO. The van der Waals surface area contributed by atoms with E-state index in [1.54, 1.807) is 6.08 Å². The second kappa shape index (κ2) is 5.17. The highest BCUT2D eigenvalue weighted by Gasteiger charge is 2.39. The molecule has 0 N–H and O–H groups in total. The molecule has 2 atom stereocenters. The molecule has 17 heavy (non-hydrogen) atoms. The van der Waals surface area contributed by atoms with Crippen molar-refractivity contribution < 1.29 is 4.79 Å². The lowest BCUT2D eigenvalue weighted by Gasteiger charge is -2.47. The second-order valence-corrected chi connectivity index (χ2v) is 4.71. The highest BCUT2D eigenvalue weighted by Crippen LogP contribution is 2.38. The highest BCUT2D eigenvalue weighted by atomic mass is 16.2. The van der Waals surface area contributed by atoms with Crippen LogP contribution in [0.4, 0.5) is 0 Å². The van der Waals surface area contributed by atoms with Crippen LogP contribution in [-0.4, -0.2) is 17.4 Å². The first-order chi connectivity index (χ1) is 8.24. The van der Waals surface area contributed by atoms with Crippen molar-refractivity contribution in [1.29, 1.82) is 0 Å². The van der Waals surface area contributed by atoms with Crippen LogP contribution in [0.25, 0.3) is 0 Å². The SMILES string of the molecule is C=CCCC(=O)N1C[C@H](C)[C@@H]1c1ccccc1. The van der Waals surface area contributed by atoms with Crippen LogP contribution in [0.5, 0.6) is 0 Å². The molecule has 0 radical (unpaired) electrons. The van der Waals surface area contributed by atoms with Crippen molar-refractivity contribution in [2.24, 2.45) is 5.92 Å². The first-order valence-electron chi connectivity index (χ1n) is 6.19. The van der Waals surface area contributed by atoms with Gasteiger partial charge in [-0.05, 0) is 17.9 Å². The van der Waals surface area contributed by atoms with E-state index in [2.05, 4.69) is 25.6 Å². The fraction of sp³-hybridized carbons (Fsp3) is 0.400. The van der Waals surface area contributed by atoms with Crippen molar-refractivity contribution in [3.05, 3.63) is 48.6 Å². The van der Waals surface area contributed by atoms with E-state index in [0.29, 0.717) is 12.3 Å². The average Bonchev–Trinajstić information content (AvgIpc) is 2.34. The van der Waals surface area contributed by atoms with Crippen LogP contribution in [0.3, 0.4) is 0 Å². The minimum absolute atomic E-state index is 0.247. The van der Waals surface area contributed by atoms with E-state index in [9.17, 15) is 4.79 Å². The van der Waals surface area contributed by atoms with Gasteiger partial charge in [-0.15, -0.1) is 6.58 Å².